The first-order chi connectivity index (χ1) is 5.40. The van der Waals surface area contributed by atoms with Gasteiger partial charge in [-0.1, -0.05) is 34.1 Å². The van der Waals surface area contributed by atoms with E-state index in [4.69, 9.17) is 0 Å². The Morgan fingerprint density at radius 2 is 2.00 bits per heavy atom. The van der Waals surface area contributed by atoms with Gasteiger partial charge in [0.25, 0.3) is 0 Å². The number of fused-ring (bicyclic) bond motifs is 1. The summed E-state index contributed by atoms with van der Waals surface area (Å²) >= 11 is 3.47. The van der Waals surface area contributed by atoms with Crippen LogP contribution in [0, 0.1) is 0 Å². The maximum absolute atomic E-state index is 3.47. The van der Waals surface area contributed by atoms with E-state index in [0.717, 1.165) is 5.33 Å². The molecule has 0 bridgehead atoms. The van der Waals surface area contributed by atoms with Crippen LogP contribution in [-0.4, -0.2) is 0 Å². The molecule has 0 N–H and O–H groups in total. The summed E-state index contributed by atoms with van der Waals surface area (Å²) in [6, 6.07) is 6.83. The second-order valence-electron chi connectivity index (χ2n) is 3.09. The zero-order valence-electron chi connectivity index (χ0n) is 6.44. The molecule has 1 aromatic carbocycles. The number of halogens is 1. The lowest BCUT2D eigenvalue weighted by Crippen LogP contribution is -1.84. The monoisotopic (exact) mass is 210 g/mol. The van der Waals surface area contributed by atoms with E-state index < -0.39 is 0 Å². The molecule has 0 nitrogen and oxygen atoms in total. The van der Waals surface area contributed by atoms with Gasteiger partial charge in [-0.05, 0) is 36.0 Å². The quantitative estimate of drug-likeness (QED) is 0.626. The Morgan fingerprint density at radius 3 is 2.82 bits per heavy atom. The second kappa shape index (κ2) is 2.98. The SMILES string of the molecule is BrCc1ccc2c(c1)CCC2. The smallest absolute Gasteiger partial charge is 0.0283 e. The summed E-state index contributed by atoms with van der Waals surface area (Å²) in [5.74, 6) is 0. The maximum atomic E-state index is 3.47. The van der Waals surface area contributed by atoms with Crippen LogP contribution in [0.4, 0.5) is 0 Å². The lowest BCUT2D eigenvalue weighted by Gasteiger charge is -2.00. The average molecular weight is 211 g/mol. The van der Waals surface area contributed by atoms with Gasteiger partial charge in [0.15, 0.2) is 0 Å². The minimum Gasteiger partial charge on any atom is -0.0876 e. The van der Waals surface area contributed by atoms with E-state index >= 15 is 0 Å². The van der Waals surface area contributed by atoms with E-state index in [-0.39, 0.29) is 0 Å². The third-order valence-electron chi connectivity index (χ3n) is 2.32. The predicted molar refractivity (Wildman–Crippen MR) is 51.1 cm³/mol. The van der Waals surface area contributed by atoms with E-state index in [0.29, 0.717) is 0 Å². The van der Waals surface area contributed by atoms with Gasteiger partial charge in [0.05, 0.1) is 0 Å². The highest BCUT2D eigenvalue weighted by atomic mass is 79.9. The fourth-order valence-electron chi connectivity index (χ4n) is 1.71. The van der Waals surface area contributed by atoms with Gasteiger partial charge in [-0.25, -0.2) is 0 Å². The molecule has 0 fully saturated rings. The van der Waals surface area contributed by atoms with Crippen LogP contribution < -0.4 is 0 Å². The van der Waals surface area contributed by atoms with Gasteiger partial charge in [-0.2, -0.15) is 0 Å². The average Bonchev–Trinajstić information content (AvgIpc) is 2.50. The van der Waals surface area contributed by atoms with Crippen molar-refractivity contribution in [2.75, 3.05) is 0 Å². The zero-order valence-corrected chi connectivity index (χ0v) is 8.02. The number of hydrogen-bond donors (Lipinski definition) is 0. The van der Waals surface area contributed by atoms with Crippen LogP contribution in [0.2, 0.25) is 0 Å². The molecule has 0 saturated carbocycles. The zero-order chi connectivity index (χ0) is 7.68. The third-order valence-corrected chi connectivity index (χ3v) is 2.96. The van der Waals surface area contributed by atoms with Crippen molar-refractivity contribution in [3.63, 3.8) is 0 Å². The summed E-state index contributed by atoms with van der Waals surface area (Å²) in [6.45, 7) is 0. The molecule has 0 radical (unpaired) electrons. The summed E-state index contributed by atoms with van der Waals surface area (Å²) in [5, 5.41) is 0.986. The van der Waals surface area contributed by atoms with Crippen molar-refractivity contribution in [3.05, 3.63) is 34.9 Å². The van der Waals surface area contributed by atoms with Gasteiger partial charge >= 0.3 is 0 Å². The van der Waals surface area contributed by atoms with Crippen LogP contribution in [0.1, 0.15) is 23.1 Å². The van der Waals surface area contributed by atoms with E-state index in [1.807, 2.05) is 0 Å². The number of alkyl halides is 1. The summed E-state index contributed by atoms with van der Waals surface area (Å²) in [4.78, 5) is 0. The van der Waals surface area contributed by atoms with Crippen LogP contribution in [0.15, 0.2) is 18.2 Å². The molecule has 2 rings (SSSR count). The summed E-state index contributed by atoms with van der Waals surface area (Å²) in [5.41, 5.74) is 4.54. The minimum atomic E-state index is 0.986. The first kappa shape index (κ1) is 7.35. The second-order valence-corrected chi connectivity index (χ2v) is 3.65. The van der Waals surface area contributed by atoms with E-state index in [2.05, 4.69) is 34.1 Å². The van der Waals surface area contributed by atoms with E-state index in [1.165, 1.54) is 24.8 Å². The van der Waals surface area contributed by atoms with Gasteiger partial charge in [0.1, 0.15) is 0 Å². The molecule has 0 aliphatic heterocycles. The number of rotatable bonds is 1. The van der Waals surface area contributed by atoms with Crippen molar-refractivity contribution >= 4 is 15.9 Å². The van der Waals surface area contributed by atoms with E-state index in [1.54, 1.807) is 11.1 Å². The Hall–Kier alpha value is -0.300. The lowest BCUT2D eigenvalue weighted by atomic mass is 10.1. The molecule has 0 aromatic heterocycles. The Bertz CT molecular complexity index is 266. The highest BCUT2D eigenvalue weighted by Gasteiger charge is 2.09. The largest absolute Gasteiger partial charge is 0.0876 e. The van der Waals surface area contributed by atoms with Crippen LogP contribution in [-0.2, 0) is 18.2 Å². The molecule has 0 spiro atoms. The summed E-state index contributed by atoms with van der Waals surface area (Å²) < 4.78 is 0. The Labute approximate surface area is 75.8 Å². The van der Waals surface area contributed by atoms with Crippen molar-refractivity contribution in [1.82, 2.24) is 0 Å². The van der Waals surface area contributed by atoms with Gasteiger partial charge in [0.2, 0.25) is 0 Å². The lowest BCUT2D eigenvalue weighted by molar-refractivity contribution is 0.911. The molecule has 0 atom stereocenters. The Balaban J connectivity index is 2.41. The molecular weight excluding hydrogens is 200 g/mol. The van der Waals surface area contributed by atoms with Crippen LogP contribution in [0.3, 0.4) is 0 Å². The molecule has 0 unspecified atom stereocenters. The molecule has 0 amide bonds. The van der Waals surface area contributed by atoms with E-state index in [9.17, 15) is 0 Å². The van der Waals surface area contributed by atoms with Gasteiger partial charge in [0, 0.05) is 5.33 Å². The molecule has 0 saturated heterocycles. The topological polar surface area (TPSA) is 0 Å². The Morgan fingerprint density at radius 1 is 1.18 bits per heavy atom. The molecule has 58 valence electrons. The predicted octanol–water partition coefficient (Wildman–Crippen LogP) is 3.07. The van der Waals surface area contributed by atoms with Gasteiger partial charge in [-0.15, -0.1) is 0 Å². The molecule has 1 aliphatic carbocycles. The van der Waals surface area contributed by atoms with Crippen molar-refractivity contribution < 1.29 is 0 Å². The standard InChI is InChI=1S/C10H11Br/c11-7-8-4-5-9-2-1-3-10(9)6-8/h4-6H,1-3,7H2. The molecule has 1 heteroatoms. The third kappa shape index (κ3) is 1.34. The molecule has 0 heterocycles. The molecule has 11 heavy (non-hydrogen) atoms. The van der Waals surface area contributed by atoms with Crippen molar-refractivity contribution in [2.45, 2.75) is 24.6 Å². The molecule has 1 aromatic rings. The minimum absolute atomic E-state index is 0.986. The summed E-state index contributed by atoms with van der Waals surface area (Å²) in [7, 11) is 0. The maximum Gasteiger partial charge on any atom is 0.0283 e. The fourth-order valence-corrected chi connectivity index (χ4v) is 2.06. The first-order valence-corrected chi connectivity index (χ1v) is 5.19. The van der Waals surface area contributed by atoms with Crippen LogP contribution in [0.5, 0.6) is 0 Å². The van der Waals surface area contributed by atoms with Gasteiger partial charge < -0.3 is 0 Å². The Kier molecular flexibility index (Phi) is 1.99. The van der Waals surface area contributed by atoms with Crippen molar-refractivity contribution in [1.29, 1.82) is 0 Å². The highest BCUT2D eigenvalue weighted by molar-refractivity contribution is 9.08. The van der Waals surface area contributed by atoms with Crippen LogP contribution >= 0.6 is 15.9 Å². The van der Waals surface area contributed by atoms with Gasteiger partial charge in [-0.3, -0.25) is 0 Å². The molecule has 1 aliphatic rings. The first-order valence-electron chi connectivity index (χ1n) is 4.07. The van der Waals surface area contributed by atoms with Crippen LogP contribution in [0.25, 0.3) is 0 Å². The normalized spacial score (nSPS) is 15.0. The fraction of sp³-hybridized carbons (Fsp3) is 0.400. The highest BCUT2D eigenvalue weighted by Crippen LogP contribution is 2.23. The number of benzene rings is 1. The number of aryl methyl sites for hydroxylation is 2. The molecular formula is C10H11Br. The van der Waals surface area contributed by atoms with Crippen molar-refractivity contribution in [3.8, 4) is 0 Å². The summed E-state index contributed by atoms with van der Waals surface area (Å²) in [6.07, 6.45) is 3.93. The number of hydrogen-bond acceptors (Lipinski definition) is 0. The van der Waals surface area contributed by atoms with Crippen molar-refractivity contribution in [2.24, 2.45) is 0 Å².